The number of likely N-dealkylation sites (tertiary alicyclic amines) is 1. The van der Waals surface area contributed by atoms with Gasteiger partial charge in [-0.1, -0.05) is 31.5 Å². The number of hydrogen-bond donors (Lipinski definition) is 2. The standard InChI is InChI=1S/C35H39F3N4O5/c1-20(2)17-42(30(43)16-39-34(46)26-7-6-8-41(35(26)47)10-9-40-18-25(36)19-40)29(15-31(44)45)27-13-24(14-28(37)33(27)38)32-22(4)11-21(3)12-23(32)5/h6-8,11-14,17,20,25,29H,9-10,15-16,18-19H2,1-5H3,(H-,39,44,45,46)/p+1. The lowest BCUT2D eigenvalue weighted by molar-refractivity contribution is -0.491. The molecule has 2 aromatic carbocycles. The highest BCUT2D eigenvalue weighted by Gasteiger charge is 2.36. The second-order valence-corrected chi connectivity index (χ2v) is 12.4. The summed E-state index contributed by atoms with van der Waals surface area (Å²) >= 11 is 0. The number of carbonyl (C=O) groups excluding carboxylic acids is 2. The summed E-state index contributed by atoms with van der Waals surface area (Å²) in [6.45, 7) is 9.63. The number of aryl methyl sites for hydroxylation is 3. The van der Waals surface area contributed by atoms with Gasteiger partial charge in [0.25, 0.3) is 11.5 Å². The lowest BCUT2D eigenvalue weighted by Gasteiger charge is -2.34. The Kier molecular flexibility index (Phi) is 11.2. The molecular weight excluding hydrogens is 613 g/mol. The molecule has 1 fully saturated rings. The van der Waals surface area contributed by atoms with E-state index in [1.807, 2.05) is 37.8 Å². The van der Waals surface area contributed by atoms with Crippen LogP contribution in [0.15, 0.2) is 47.4 Å². The Labute approximate surface area is 271 Å². The van der Waals surface area contributed by atoms with Gasteiger partial charge in [0.2, 0.25) is 0 Å². The van der Waals surface area contributed by atoms with E-state index in [-0.39, 0.29) is 36.7 Å². The molecule has 3 aromatic rings. The Morgan fingerprint density at radius 3 is 2.32 bits per heavy atom. The highest BCUT2D eigenvalue weighted by Crippen LogP contribution is 2.34. The first-order valence-corrected chi connectivity index (χ1v) is 15.4. The molecule has 1 aromatic heterocycles. The second-order valence-electron chi connectivity index (χ2n) is 12.4. The molecule has 0 aliphatic carbocycles. The number of halogens is 3. The van der Waals surface area contributed by atoms with Gasteiger partial charge in [-0.25, -0.2) is 18.0 Å². The maximum absolute atomic E-state index is 15.6. The lowest BCUT2D eigenvalue weighted by atomic mass is 9.90. The van der Waals surface area contributed by atoms with Crippen LogP contribution in [0.25, 0.3) is 11.1 Å². The summed E-state index contributed by atoms with van der Waals surface area (Å²) < 4.78 is 46.2. The predicted octanol–water partition coefficient (Wildman–Crippen LogP) is 4.58. The summed E-state index contributed by atoms with van der Waals surface area (Å²) in [7, 11) is 0. The number of aromatic nitrogens is 1. The van der Waals surface area contributed by atoms with Crippen LogP contribution in [-0.4, -0.2) is 75.5 Å². The number of aliphatic carboxylic acids is 1. The minimum absolute atomic E-state index is 0.224. The number of carboxylic acid groups (broad SMARTS) is 1. The van der Waals surface area contributed by atoms with E-state index in [9.17, 15) is 28.7 Å². The van der Waals surface area contributed by atoms with Gasteiger partial charge in [0, 0.05) is 38.3 Å². The van der Waals surface area contributed by atoms with Gasteiger partial charge >= 0.3 is 11.9 Å². The van der Waals surface area contributed by atoms with Crippen molar-refractivity contribution in [1.29, 1.82) is 0 Å². The monoisotopic (exact) mass is 653 g/mol. The number of benzene rings is 2. The molecular formula is C35H40F3N4O5+. The first kappa shape index (κ1) is 35.3. The van der Waals surface area contributed by atoms with Crippen LogP contribution in [-0.2, 0) is 16.1 Å². The van der Waals surface area contributed by atoms with E-state index in [0.717, 1.165) is 27.3 Å². The molecule has 1 aliphatic rings. The topological polar surface area (TPSA) is 112 Å². The number of amides is 2. The van der Waals surface area contributed by atoms with Crippen LogP contribution in [0.2, 0.25) is 0 Å². The summed E-state index contributed by atoms with van der Waals surface area (Å²) in [5.41, 5.74) is 2.45. The number of carboxylic acids is 1. The van der Waals surface area contributed by atoms with E-state index in [0.29, 0.717) is 17.7 Å². The molecule has 1 saturated heterocycles. The van der Waals surface area contributed by atoms with E-state index in [1.54, 1.807) is 13.8 Å². The molecule has 4 rings (SSSR count). The Morgan fingerprint density at radius 2 is 1.72 bits per heavy atom. The molecule has 1 unspecified atom stereocenters. The van der Waals surface area contributed by atoms with Gasteiger partial charge in [-0.3, -0.25) is 19.3 Å². The number of nitrogens with one attached hydrogen (secondary N) is 1. The fourth-order valence-electron chi connectivity index (χ4n) is 6.00. The number of carbonyl (C=O) groups is 3. The summed E-state index contributed by atoms with van der Waals surface area (Å²) in [6.07, 6.45) is 1.28. The first-order valence-electron chi connectivity index (χ1n) is 15.4. The SMILES string of the molecule is Cc1cc(C)c(-c2cc(F)c(F)c(C(CC(=O)O)[N+](=CC(C)C)C(=O)CNC(=O)c3cccn(CCN4CC(F)C4)c3=O)c2)c(C)c1. The lowest BCUT2D eigenvalue weighted by Crippen LogP contribution is -2.49. The highest BCUT2D eigenvalue weighted by atomic mass is 19.2. The van der Waals surface area contributed by atoms with Crippen molar-refractivity contribution in [2.75, 3.05) is 26.2 Å². The highest BCUT2D eigenvalue weighted by molar-refractivity contribution is 5.95. The normalized spacial score (nSPS) is 14.6. The van der Waals surface area contributed by atoms with Crippen LogP contribution < -0.4 is 10.9 Å². The molecule has 2 heterocycles. The summed E-state index contributed by atoms with van der Waals surface area (Å²) in [5, 5.41) is 12.2. The van der Waals surface area contributed by atoms with Gasteiger partial charge < -0.3 is 15.0 Å². The first-order chi connectivity index (χ1) is 22.2. The largest absolute Gasteiger partial charge is 0.481 e. The maximum atomic E-state index is 15.6. The zero-order valence-electron chi connectivity index (χ0n) is 27.1. The third kappa shape index (κ3) is 8.42. The summed E-state index contributed by atoms with van der Waals surface area (Å²) in [5.74, 6) is -5.80. The Bertz CT molecular complexity index is 1760. The van der Waals surface area contributed by atoms with Crippen molar-refractivity contribution < 1.29 is 37.2 Å². The van der Waals surface area contributed by atoms with Gasteiger partial charge in [-0.05, 0) is 67.3 Å². The summed E-state index contributed by atoms with van der Waals surface area (Å²) in [6, 6.07) is 7.58. The maximum Gasteiger partial charge on any atom is 0.406 e. The smallest absolute Gasteiger partial charge is 0.406 e. The van der Waals surface area contributed by atoms with E-state index in [4.69, 9.17) is 0 Å². The van der Waals surface area contributed by atoms with Crippen molar-refractivity contribution in [2.45, 2.75) is 59.8 Å². The minimum atomic E-state index is -1.46. The van der Waals surface area contributed by atoms with Crippen molar-refractivity contribution in [1.82, 2.24) is 14.8 Å². The second kappa shape index (κ2) is 14.9. The van der Waals surface area contributed by atoms with Crippen molar-refractivity contribution in [3.63, 3.8) is 0 Å². The van der Waals surface area contributed by atoms with E-state index >= 15 is 8.78 Å². The average molecular weight is 654 g/mol. The molecule has 12 heteroatoms. The van der Waals surface area contributed by atoms with Crippen LogP contribution in [0, 0.1) is 38.3 Å². The fourth-order valence-corrected chi connectivity index (χ4v) is 6.00. The van der Waals surface area contributed by atoms with Gasteiger partial charge in [0.15, 0.2) is 23.9 Å². The van der Waals surface area contributed by atoms with Crippen LogP contribution in [0.5, 0.6) is 0 Å². The molecule has 47 heavy (non-hydrogen) atoms. The zero-order chi connectivity index (χ0) is 34.6. The molecule has 250 valence electrons. The molecule has 0 radical (unpaired) electrons. The van der Waals surface area contributed by atoms with Crippen molar-refractivity contribution in [3.05, 3.63) is 92.4 Å². The van der Waals surface area contributed by atoms with E-state index < -0.39 is 60.2 Å². The van der Waals surface area contributed by atoms with Crippen molar-refractivity contribution in [2.24, 2.45) is 5.92 Å². The Hall–Kier alpha value is -4.58. The number of rotatable bonds is 12. The van der Waals surface area contributed by atoms with Crippen LogP contribution in [0.4, 0.5) is 13.2 Å². The quantitative estimate of drug-likeness (QED) is 0.219. The molecule has 2 N–H and O–H groups in total. The van der Waals surface area contributed by atoms with E-state index in [1.165, 1.54) is 35.2 Å². The molecule has 0 bridgehead atoms. The van der Waals surface area contributed by atoms with Gasteiger partial charge in [0.05, 0.1) is 5.56 Å². The van der Waals surface area contributed by atoms with Crippen LogP contribution in [0.3, 0.4) is 0 Å². The van der Waals surface area contributed by atoms with Crippen molar-refractivity contribution >= 4 is 24.0 Å². The van der Waals surface area contributed by atoms with Gasteiger partial charge in [-0.15, -0.1) is 0 Å². The molecule has 2 amide bonds. The van der Waals surface area contributed by atoms with Crippen LogP contribution in [0.1, 0.15) is 58.9 Å². The van der Waals surface area contributed by atoms with Crippen LogP contribution >= 0.6 is 0 Å². The predicted molar refractivity (Wildman–Crippen MR) is 172 cm³/mol. The number of alkyl halides is 1. The Morgan fingerprint density at radius 1 is 1.06 bits per heavy atom. The van der Waals surface area contributed by atoms with Gasteiger partial charge in [-0.2, -0.15) is 4.58 Å². The molecule has 0 spiro atoms. The third-order valence-corrected chi connectivity index (χ3v) is 8.07. The number of pyridine rings is 1. The fraction of sp³-hybridized carbons (Fsp3) is 0.400. The molecule has 9 nitrogen and oxygen atoms in total. The average Bonchev–Trinajstić information content (AvgIpc) is 2.96. The third-order valence-electron chi connectivity index (χ3n) is 8.07. The molecule has 1 atom stereocenters. The van der Waals surface area contributed by atoms with E-state index in [2.05, 4.69) is 5.32 Å². The minimum Gasteiger partial charge on any atom is -0.481 e. The summed E-state index contributed by atoms with van der Waals surface area (Å²) in [4.78, 5) is 53.6. The number of nitrogens with zero attached hydrogens (tertiary/aromatic N) is 3. The zero-order valence-corrected chi connectivity index (χ0v) is 27.1. The molecule has 1 aliphatic heterocycles. The van der Waals surface area contributed by atoms with Gasteiger partial charge in [0.1, 0.15) is 24.7 Å². The number of hydrogen-bond acceptors (Lipinski definition) is 5. The Balaban J connectivity index is 1.64. The molecule has 0 saturated carbocycles. The van der Waals surface area contributed by atoms with Crippen molar-refractivity contribution in [3.8, 4) is 11.1 Å².